The molecule has 2 aliphatic rings. The van der Waals surface area contributed by atoms with Crippen LogP contribution in [-0.2, 0) is 19.4 Å². The number of nitrogens with zero attached hydrogens (tertiary/aromatic N) is 1. The molecule has 1 aliphatic carbocycles. The predicted molar refractivity (Wildman–Crippen MR) is 88.6 cm³/mol. The fourth-order valence-corrected chi connectivity index (χ4v) is 4.95. The first-order chi connectivity index (χ1) is 12.2. The zero-order valence-corrected chi connectivity index (χ0v) is 15.2. The molecule has 1 aliphatic heterocycles. The molecule has 142 valence electrons. The quantitative estimate of drug-likeness (QED) is 0.550. The van der Waals surface area contributed by atoms with Crippen molar-refractivity contribution in [3.8, 4) is 0 Å². The van der Waals surface area contributed by atoms with Crippen LogP contribution >= 0.6 is 11.6 Å². The van der Waals surface area contributed by atoms with E-state index in [1.807, 2.05) is 0 Å². The first-order valence-corrected chi connectivity index (χ1v) is 10.2. The summed E-state index contributed by atoms with van der Waals surface area (Å²) in [5.74, 6) is -4.11. The van der Waals surface area contributed by atoms with E-state index in [0.29, 0.717) is 18.6 Å². The summed E-state index contributed by atoms with van der Waals surface area (Å²) >= 11 is 5.70. The molecule has 0 bridgehead atoms. The van der Waals surface area contributed by atoms with Crippen molar-refractivity contribution in [1.82, 2.24) is 4.90 Å². The van der Waals surface area contributed by atoms with Crippen molar-refractivity contribution >= 4 is 33.3 Å². The second-order valence-corrected chi connectivity index (χ2v) is 9.05. The molecule has 1 heterocycles. The number of carbonyl (C=O) groups excluding carboxylic acids is 2. The molecule has 0 N–H and O–H groups in total. The summed E-state index contributed by atoms with van der Waals surface area (Å²) in [5.41, 5.74) is -0.389. The molecular formula is C16H16ClF2NO5S. The van der Waals surface area contributed by atoms with Crippen LogP contribution in [0, 0.1) is 11.6 Å². The highest BCUT2D eigenvalue weighted by molar-refractivity contribution is 7.91. The van der Waals surface area contributed by atoms with Gasteiger partial charge in [0.15, 0.2) is 28.1 Å². The molecule has 3 rings (SSSR count). The Morgan fingerprint density at radius 2 is 1.81 bits per heavy atom. The first kappa shape index (κ1) is 19.0. The van der Waals surface area contributed by atoms with Gasteiger partial charge >= 0.3 is 5.97 Å². The van der Waals surface area contributed by atoms with Crippen molar-refractivity contribution in [3.05, 3.63) is 34.4 Å². The van der Waals surface area contributed by atoms with E-state index in [1.54, 1.807) is 0 Å². The van der Waals surface area contributed by atoms with Gasteiger partial charge in [-0.1, -0.05) is 11.6 Å². The molecule has 26 heavy (non-hydrogen) atoms. The highest BCUT2D eigenvalue weighted by Crippen LogP contribution is 2.32. The van der Waals surface area contributed by atoms with Gasteiger partial charge in [0.2, 0.25) is 0 Å². The second kappa shape index (κ2) is 7.11. The minimum atomic E-state index is -3.16. The van der Waals surface area contributed by atoms with Crippen LogP contribution < -0.4 is 0 Å². The molecule has 0 radical (unpaired) electrons. The monoisotopic (exact) mass is 407 g/mol. The fourth-order valence-electron chi connectivity index (χ4n) is 3.01. The van der Waals surface area contributed by atoms with Crippen LogP contribution in [0.2, 0.25) is 5.02 Å². The van der Waals surface area contributed by atoms with Crippen LogP contribution in [0.25, 0.3) is 0 Å². The Bertz CT molecular complexity index is 856. The van der Waals surface area contributed by atoms with E-state index in [1.165, 1.54) is 4.90 Å². The number of benzene rings is 1. The first-order valence-electron chi connectivity index (χ1n) is 8.01. The number of amides is 1. The third-order valence-electron chi connectivity index (χ3n) is 4.39. The smallest absolute Gasteiger partial charge is 0.340 e. The normalized spacial score (nSPS) is 21.4. The molecule has 1 aromatic rings. The van der Waals surface area contributed by atoms with E-state index >= 15 is 0 Å². The summed E-state index contributed by atoms with van der Waals surface area (Å²) in [5, 5.41) is -0.331. The summed E-state index contributed by atoms with van der Waals surface area (Å²) < 4.78 is 54.5. The van der Waals surface area contributed by atoms with Crippen LogP contribution in [0.5, 0.6) is 0 Å². The number of sulfone groups is 1. The minimum absolute atomic E-state index is 0.0262. The third kappa shape index (κ3) is 4.15. The lowest BCUT2D eigenvalue weighted by atomic mass is 10.2. The van der Waals surface area contributed by atoms with Gasteiger partial charge in [-0.25, -0.2) is 22.0 Å². The number of carbonyl (C=O) groups is 2. The zero-order valence-electron chi connectivity index (χ0n) is 13.6. The van der Waals surface area contributed by atoms with Gasteiger partial charge in [0.1, 0.15) is 0 Å². The maximum Gasteiger partial charge on any atom is 0.340 e. The summed E-state index contributed by atoms with van der Waals surface area (Å²) in [6.45, 7) is -0.624. The third-order valence-corrected chi connectivity index (χ3v) is 6.45. The maximum absolute atomic E-state index is 13.3. The van der Waals surface area contributed by atoms with E-state index in [2.05, 4.69) is 0 Å². The van der Waals surface area contributed by atoms with Crippen molar-refractivity contribution in [3.63, 3.8) is 0 Å². The molecule has 1 aromatic carbocycles. The Labute approximate surface area is 154 Å². The molecule has 1 saturated carbocycles. The van der Waals surface area contributed by atoms with E-state index < -0.39 is 46.0 Å². The fraction of sp³-hybridized carbons (Fsp3) is 0.500. The lowest BCUT2D eigenvalue weighted by Crippen LogP contribution is -2.44. The molecule has 0 aromatic heterocycles. The number of ether oxygens (including phenoxy) is 1. The lowest BCUT2D eigenvalue weighted by molar-refractivity contribution is -0.137. The van der Waals surface area contributed by atoms with Crippen LogP contribution in [-0.4, -0.2) is 55.4 Å². The Hall–Kier alpha value is -1.74. The van der Waals surface area contributed by atoms with Gasteiger partial charge in [0, 0.05) is 12.1 Å². The Balaban J connectivity index is 1.65. The van der Waals surface area contributed by atoms with Gasteiger partial charge in [-0.15, -0.1) is 0 Å². The molecular weight excluding hydrogens is 392 g/mol. The average Bonchev–Trinajstić information content (AvgIpc) is 3.32. The van der Waals surface area contributed by atoms with Crippen molar-refractivity contribution in [1.29, 1.82) is 0 Å². The van der Waals surface area contributed by atoms with Crippen molar-refractivity contribution in [2.75, 3.05) is 18.1 Å². The standard InChI is InChI=1S/C16H16ClF2NO5S/c17-12-6-14(19)13(18)5-11(12)16(22)25-7-15(21)20(9-1-2-9)10-3-4-26(23,24)8-10/h5-6,9-10H,1-4,7-8H2/t10-/m1/s1. The molecule has 0 spiro atoms. The zero-order chi connectivity index (χ0) is 19.1. The van der Waals surface area contributed by atoms with Crippen LogP contribution in [0.15, 0.2) is 12.1 Å². The molecule has 1 atom stereocenters. The average molecular weight is 408 g/mol. The number of esters is 1. The Morgan fingerprint density at radius 1 is 1.15 bits per heavy atom. The van der Waals surface area contributed by atoms with Crippen molar-refractivity contribution < 1.29 is 31.5 Å². The van der Waals surface area contributed by atoms with E-state index in [0.717, 1.165) is 12.8 Å². The Morgan fingerprint density at radius 3 is 2.38 bits per heavy atom. The van der Waals surface area contributed by atoms with Gasteiger partial charge in [0.05, 0.1) is 22.1 Å². The highest BCUT2D eigenvalue weighted by Gasteiger charge is 2.42. The molecule has 0 unspecified atom stereocenters. The summed E-state index contributed by atoms with van der Waals surface area (Å²) in [7, 11) is -3.16. The van der Waals surface area contributed by atoms with Crippen LogP contribution in [0.1, 0.15) is 29.6 Å². The summed E-state index contributed by atoms with van der Waals surface area (Å²) in [6.07, 6.45) is 1.89. The van der Waals surface area contributed by atoms with Gasteiger partial charge in [-0.2, -0.15) is 0 Å². The molecule has 6 nitrogen and oxygen atoms in total. The molecule has 2 fully saturated rings. The SMILES string of the molecule is O=C(OCC(=O)N(C1CC1)[C@@H]1CCS(=O)(=O)C1)c1cc(F)c(F)cc1Cl. The van der Waals surface area contributed by atoms with Gasteiger partial charge < -0.3 is 9.64 Å². The highest BCUT2D eigenvalue weighted by atomic mass is 35.5. The molecule has 1 amide bonds. The summed E-state index contributed by atoms with van der Waals surface area (Å²) in [6, 6.07) is 0.777. The van der Waals surface area contributed by atoms with Crippen LogP contribution in [0.4, 0.5) is 8.78 Å². The molecule has 10 heteroatoms. The van der Waals surface area contributed by atoms with Crippen molar-refractivity contribution in [2.24, 2.45) is 0 Å². The number of rotatable bonds is 5. The predicted octanol–water partition coefficient (Wildman–Crippen LogP) is 1.95. The van der Waals surface area contributed by atoms with Crippen molar-refractivity contribution in [2.45, 2.75) is 31.3 Å². The topological polar surface area (TPSA) is 80.8 Å². The largest absolute Gasteiger partial charge is 0.452 e. The Kier molecular flexibility index (Phi) is 5.21. The van der Waals surface area contributed by atoms with Gasteiger partial charge in [-0.05, 0) is 31.4 Å². The summed E-state index contributed by atoms with van der Waals surface area (Å²) in [4.78, 5) is 25.9. The van der Waals surface area contributed by atoms with Crippen LogP contribution in [0.3, 0.4) is 0 Å². The molecule has 1 saturated heterocycles. The lowest BCUT2D eigenvalue weighted by Gasteiger charge is -2.28. The van der Waals surface area contributed by atoms with E-state index in [4.69, 9.17) is 16.3 Å². The second-order valence-electron chi connectivity index (χ2n) is 6.41. The van der Waals surface area contributed by atoms with Gasteiger partial charge in [-0.3, -0.25) is 4.79 Å². The minimum Gasteiger partial charge on any atom is -0.452 e. The number of hydrogen-bond acceptors (Lipinski definition) is 5. The number of hydrogen-bond donors (Lipinski definition) is 0. The van der Waals surface area contributed by atoms with Gasteiger partial charge in [0.25, 0.3) is 5.91 Å². The van der Waals surface area contributed by atoms with E-state index in [9.17, 15) is 26.8 Å². The number of halogens is 3. The van der Waals surface area contributed by atoms with E-state index in [-0.39, 0.29) is 28.1 Å². The maximum atomic E-state index is 13.3.